The van der Waals surface area contributed by atoms with Gasteiger partial charge in [-0.1, -0.05) is 18.7 Å². The number of H-pyrrole nitrogens is 1. The number of pyridine rings is 2. The van der Waals surface area contributed by atoms with E-state index in [4.69, 9.17) is 0 Å². The fraction of sp³-hybridized carbons (Fsp3) is 0.0870. The van der Waals surface area contributed by atoms with Gasteiger partial charge in [0.25, 0.3) is 0 Å². The Morgan fingerprint density at radius 2 is 2.00 bits per heavy atom. The van der Waals surface area contributed by atoms with Crippen molar-refractivity contribution in [1.82, 2.24) is 15.0 Å². The zero-order valence-electron chi connectivity index (χ0n) is 16.3. The fourth-order valence-corrected chi connectivity index (χ4v) is 3.28. The number of nitrogens with zero attached hydrogens (tertiary/aromatic N) is 3. The van der Waals surface area contributed by atoms with Gasteiger partial charge >= 0.3 is 0 Å². The molecule has 0 radical (unpaired) electrons. The minimum absolute atomic E-state index is 0.152. The number of hydrogen-bond donors (Lipinski definition) is 2. The van der Waals surface area contributed by atoms with Crippen LogP contribution in [-0.2, 0) is 4.79 Å². The number of carbonyl (C=O) groups excluding carboxylic acids is 1. The molecule has 0 unspecified atom stereocenters. The molecule has 0 aliphatic rings. The average Bonchev–Trinajstić information content (AvgIpc) is 3.21. The molecule has 6 nitrogen and oxygen atoms in total. The van der Waals surface area contributed by atoms with E-state index in [2.05, 4.69) is 39.0 Å². The summed E-state index contributed by atoms with van der Waals surface area (Å²) in [7, 11) is 3.60. The van der Waals surface area contributed by atoms with Crippen LogP contribution in [0.4, 0.5) is 11.4 Å². The maximum atomic E-state index is 11.9. The summed E-state index contributed by atoms with van der Waals surface area (Å²) in [6.07, 6.45) is 8.71. The topological polar surface area (TPSA) is 73.9 Å². The quantitative estimate of drug-likeness (QED) is 0.498. The van der Waals surface area contributed by atoms with Crippen molar-refractivity contribution in [3.8, 4) is 22.3 Å². The molecule has 0 spiro atoms. The van der Waals surface area contributed by atoms with E-state index < -0.39 is 0 Å². The second-order valence-electron chi connectivity index (χ2n) is 6.69. The molecule has 2 N–H and O–H groups in total. The first kappa shape index (κ1) is 18.4. The second-order valence-corrected chi connectivity index (χ2v) is 6.69. The second kappa shape index (κ2) is 7.59. The van der Waals surface area contributed by atoms with Gasteiger partial charge in [-0.05, 0) is 35.9 Å². The summed E-state index contributed by atoms with van der Waals surface area (Å²) in [5.41, 5.74) is 6.55. The van der Waals surface area contributed by atoms with Gasteiger partial charge in [0.05, 0.1) is 5.69 Å². The lowest BCUT2D eigenvalue weighted by Crippen LogP contribution is -2.23. The standard InChI is InChI=1S/C23H21N5O/c1-4-22(29)28(3)19-7-5-6-15(9-19)16-10-20-21(14-27-23(20)26-12-16)17-8-18(24-2)13-25-11-17/h4-14,24H,1H2,2-3H3,(H,26,27). The molecule has 0 aliphatic carbocycles. The highest BCUT2D eigenvalue weighted by Crippen LogP contribution is 2.32. The third-order valence-electron chi connectivity index (χ3n) is 4.94. The van der Waals surface area contributed by atoms with E-state index in [1.807, 2.05) is 49.9 Å². The molecule has 3 aromatic heterocycles. The molecule has 29 heavy (non-hydrogen) atoms. The maximum absolute atomic E-state index is 11.9. The molecule has 0 saturated heterocycles. The summed E-state index contributed by atoms with van der Waals surface area (Å²) < 4.78 is 0. The number of carbonyl (C=O) groups is 1. The number of aromatic nitrogens is 3. The number of benzene rings is 1. The lowest BCUT2D eigenvalue weighted by Gasteiger charge is -2.16. The molecule has 1 amide bonds. The van der Waals surface area contributed by atoms with Crippen molar-refractivity contribution in [2.45, 2.75) is 0 Å². The number of aromatic amines is 1. The minimum Gasteiger partial charge on any atom is -0.387 e. The predicted molar refractivity (Wildman–Crippen MR) is 118 cm³/mol. The molecule has 0 aliphatic heterocycles. The Morgan fingerprint density at radius 3 is 2.79 bits per heavy atom. The molecule has 0 atom stereocenters. The van der Waals surface area contributed by atoms with Crippen molar-refractivity contribution in [2.75, 3.05) is 24.3 Å². The third-order valence-corrected chi connectivity index (χ3v) is 4.94. The predicted octanol–water partition coefficient (Wildman–Crippen LogP) is 4.48. The molecule has 144 valence electrons. The van der Waals surface area contributed by atoms with Gasteiger partial charge in [-0.15, -0.1) is 0 Å². The first-order chi connectivity index (χ1) is 14.1. The van der Waals surface area contributed by atoms with Gasteiger partial charge in [0.1, 0.15) is 5.65 Å². The smallest absolute Gasteiger partial charge is 0.250 e. The molecule has 0 bridgehead atoms. The van der Waals surface area contributed by atoms with Crippen molar-refractivity contribution < 1.29 is 4.79 Å². The number of anilines is 2. The van der Waals surface area contributed by atoms with Gasteiger partial charge in [-0.2, -0.15) is 0 Å². The van der Waals surface area contributed by atoms with E-state index in [0.717, 1.165) is 44.7 Å². The fourth-order valence-electron chi connectivity index (χ4n) is 3.28. The lowest BCUT2D eigenvalue weighted by atomic mass is 10.0. The Kier molecular flexibility index (Phi) is 4.83. The van der Waals surface area contributed by atoms with Crippen LogP contribution in [0.25, 0.3) is 33.3 Å². The van der Waals surface area contributed by atoms with Crippen molar-refractivity contribution in [3.63, 3.8) is 0 Å². The van der Waals surface area contributed by atoms with E-state index >= 15 is 0 Å². The van der Waals surface area contributed by atoms with Gasteiger partial charge in [0.15, 0.2) is 0 Å². The maximum Gasteiger partial charge on any atom is 0.250 e. The van der Waals surface area contributed by atoms with Gasteiger partial charge in [0, 0.05) is 66.6 Å². The first-order valence-electron chi connectivity index (χ1n) is 9.21. The highest BCUT2D eigenvalue weighted by atomic mass is 16.2. The summed E-state index contributed by atoms with van der Waals surface area (Å²) in [5.74, 6) is -0.152. The summed E-state index contributed by atoms with van der Waals surface area (Å²) in [6.45, 7) is 3.55. The minimum atomic E-state index is -0.152. The van der Waals surface area contributed by atoms with Crippen LogP contribution in [0.1, 0.15) is 0 Å². The van der Waals surface area contributed by atoms with Crippen LogP contribution in [0, 0.1) is 0 Å². The van der Waals surface area contributed by atoms with Crippen LogP contribution in [0.2, 0.25) is 0 Å². The van der Waals surface area contributed by atoms with E-state index in [1.165, 1.54) is 6.08 Å². The normalized spacial score (nSPS) is 10.7. The third kappa shape index (κ3) is 3.48. The van der Waals surface area contributed by atoms with Crippen LogP contribution in [0.5, 0.6) is 0 Å². The molecule has 1 aromatic carbocycles. The molecular weight excluding hydrogens is 362 g/mol. The molecule has 6 heteroatoms. The highest BCUT2D eigenvalue weighted by Gasteiger charge is 2.12. The van der Waals surface area contributed by atoms with Gasteiger partial charge < -0.3 is 15.2 Å². The number of likely N-dealkylation sites (N-methyl/N-ethyl adjacent to an activating group) is 1. The lowest BCUT2D eigenvalue weighted by molar-refractivity contribution is -0.113. The number of amides is 1. The first-order valence-corrected chi connectivity index (χ1v) is 9.21. The van der Waals surface area contributed by atoms with Crippen LogP contribution in [0.15, 0.2) is 73.8 Å². The van der Waals surface area contributed by atoms with E-state index in [0.29, 0.717) is 0 Å². The van der Waals surface area contributed by atoms with E-state index in [1.54, 1.807) is 18.1 Å². The summed E-state index contributed by atoms with van der Waals surface area (Å²) >= 11 is 0. The Bertz CT molecular complexity index is 1210. The van der Waals surface area contributed by atoms with Crippen molar-refractivity contribution >= 4 is 28.3 Å². The summed E-state index contributed by atoms with van der Waals surface area (Å²) in [5, 5.41) is 4.13. The van der Waals surface area contributed by atoms with Crippen molar-refractivity contribution in [2.24, 2.45) is 0 Å². The largest absolute Gasteiger partial charge is 0.387 e. The highest BCUT2D eigenvalue weighted by molar-refractivity contribution is 6.01. The van der Waals surface area contributed by atoms with Crippen LogP contribution < -0.4 is 10.2 Å². The monoisotopic (exact) mass is 383 g/mol. The molecular formula is C23H21N5O. The SMILES string of the molecule is C=CC(=O)N(C)c1cccc(-c2cnc3[nH]cc(-c4cncc(NC)c4)c3c2)c1. The summed E-state index contributed by atoms with van der Waals surface area (Å²) in [6, 6.07) is 12.0. The number of nitrogens with one attached hydrogen (secondary N) is 2. The Hall–Kier alpha value is -3.93. The Balaban J connectivity index is 1.78. The van der Waals surface area contributed by atoms with Crippen LogP contribution in [-0.4, -0.2) is 35.0 Å². The molecule has 0 saturated carbocycles. The van der Waals surface area contributed by atoms with Gasteiger partial charge in [0.2, 0.25) is 5.91 Å². The number of hydrogen-bond acceptors (Lipinski definition) is 4. The molecule has 3 heterocycles. The van der Waals surface area contributed by atoms with Gasteiger partial charge in [-0.3, -0.25) is 9.78 Å². The Labute approximate surface area is 168 Å². The summed E-state index contributed by atoms with van der Waals surface area (Å²) in [4.78, 5) is 25.6. The molecule has 4 aromatic rings. The van der Waals surface area contributed by atoms with Crippen molar-refractivity contribution in [3.05, 3.63) is 73.8 Å². The van der Waals surface area contributed by atoms with E-state index in [9.17, 15) is 4.79 Å². The molecule has 0 fully saturated rings. The van der Waals surface area contributed by atoms with Crippen molar-refractivity contribution in [1.29, 1.82) is 0 Å². The Morgan fingerprint density at radius 1 is 1.14 bits per heavy atom. The molecule has 4 rings (SSSR count). The van der Waals surface area contributed by atoms with E-state index in [-0.39, 0.29) is 5.91 Å². The number of fused-ring (bicyclic) bond motifs is 1. The van der Waals surface area contributed by atoms with Gasteiger partial charge in [-0.25, -0.2) is 4.98 Å². The zero-order valence-corrected chi connectivity index (χ0v) is 16.3. The average molecular weight is 383 g/mol. The van der Waals surface area contributed by atoms with Crippen LogP contribution in [0.3, 0.4) is 0 Å². The number of rotatable bonds is 5. The van der Waals surface area contributed by atoms with Crippen LogP contribution >= 0.6 is 0 Å². The zero-order chi connectivity index (χ0) is 20.4.